The van der Waals surface area contributed by atoms with Crippen molar-refractivity contribution in [2.75, 3.05) is 18.8 Å². The number of rotatable bonds is 3. The summed E-state index contributed by atoms with van der Waals surface area (Å²) in [5.41, 5.74) is 0.959. The molecule has 2 fully saturated rings. The SMILES string of the molecule is Cc1csc(=O)n1CCC(=O)N1CCSC2(CCCCC2)C1. The third-order valence-electron chi connectivity index (χ3n) is 4.89. The molecule has 0 bridgehead atoms. The Kier molecular flexibility index (Phi) is 4.97. The zero-order valence-corrected chi connectivity index (χ0v) is 14.8. The van der Waals surface area contributed by atoms with E-state index in [2.05, 4.69) is 16.7 Å². The van der Waals surface area contributed by atoms with Crippen LogP contribution in [0.4, 0.5) is 0 Å². The van der Waals surface area contributed by atoms with E-state index in [4.69, 9.17) is 0 Å². The van der Waals surface area contributed by atoms with E-state index in [1.54, 1.807) is 4.57 Å². The first-order valence-corrected chi connectivity index (χ1v) is 10.0. The maximum Gasteiger partial charge on any atom is 0.307 e. The molecule has 0 N–H and O–H groups in total. The van der Waals surface area contributed by atoms with Crippen molar-refractivity contribution in [2.24, 2.45) is 0 Å². The fourth-order valence-corrected chi connectivity index (χ4v) is 5.93. The summed E-state index contributed by atoms with van der Waals surface area (Å²) in [5, 5.41) is 1.86. The first kappa shape index (κ1) is 16.1. The van der Waals surface area contributed by atoms with Gasteiger partial charge in [-0.1, -0.05) is 30.6 Å². The van der Waals surface area contributed by atoms with Crippen molar-refractivity contribution in [3.63, 3.8) is 0 Å². The molecule has 22 heavy (non-hydrogen) atoms. The smallest absolute Gasteiger partial charge is 0.307 e. The van der Waals surface area contributed by atoms with Crippen molar-refractivity contribution in [1.29, 1.82) is 0 Å². The lowest BCUT2D eigenvalue weighted by Crippen LogP contribution is -2.50. The third kappa shape index (κ3) is 3.43. The van der Waals surface area contributed by atoms with E-state index < -0.39 is 0 Å². The number of aromatic nitrogens is 1. The fraction of sp³-hybridized carbons (Fsp3) is 0.750. The Morgan fingerprint density at radius 2 is 2.09 bits per heavy atom. The molecule has 4 nitrogen and oxygen atoms in total. The van der Waals surface area contributed by atoms with Gasteiger partial charge in [0.25, 0.3) is 0 Å². The molecule has 6 heteroatoms. The average molecular weight is 341 g/mol. The summed E-state index contributed by atoms with van der Waals surface area (Å²) in [5.74, 6) is 1.27. The second-order valence-electron chi connectivity index (χ2n) is 6.45. The Morgan fingerprint density at radius 3 is 2.77 bits per heavy atom. The minimum atomic E-state index is 0.0447. The highest BCUT2D eigenvalue weighted by atomic mass is 32.2. The lowest BCUT2D eigenvalue weighted by atomic mass is 9.87. The first-order valence-electron chi connectivity index (χ1n) is 8.16. The molecule has 1 saturated carbocycles. The van der Waals surface area contributed by atoms with Crippen LogP contribution in [0.25, 0.3) is 0 Å². The number of hydrogen-bond acceptors (Lipinski definition) is 4. The number of thiazole rings is 1. The van der Waals surface area contributed by atoms with Crippen molar-refractivity contribution in [3.05, 3.63) is 20.7 Å². The van der Waals surface area contributed by atoms with E-state index in [1.807, 2.05) is 12.3 Å². The summed E-state index contributed by atoms with van der Waals surface area (Å²) in [6, 6.07) is 0. The van der Waals surface area contributed by atoms with Crippen LogP contribution in [0.2, 0.25) is 0 Å². The van der Waals surface area contributed by atoms with Crippen LogP contribution in [-0.2, 0) is 11.3 Å². The van der Waals surface area contributed by atoms with Gasteiger partial charge in [-0.2, -0.15) is 11.8 Å². The second-order valence-corrected chi connectivity index (χ2v) is 8.84. The summed E-state index contributed by atoms with van der Waals surface area (Å²) in [6.45, 7) is 4.22. The molecule has 1 aliphatic heterocycles. The van der Waals surface area contributed by atoms with E-state index >= 15 is 0 Å². The zero-order chi connectivity index (χ0) is 15.6. The van der Waals surface area contributed by atoms with Crippen molar-refractivity contribution < 1.29 is 4.79 Å². The van der Waals surface area contributed by atoms with Crippen molar-refractivity contribution in [1.82, 2.24) is 9.47 Å². The molecule has 1 aromatic rings. The highest BCUT2D eigenvalue weighted by Gasteiger charge is 2.38. The Bertz CT molecular complexity index is 582. The topological polar surface area (TPSA) is 42.3 Å². The molecule has 1 aliphatic carbocycles. The highest BCUT2D eigenvalue weighted by Crippen LogP contribution is 2.42. The number of carbonyl (C=O) groups excluding carboxylic acids is 1. The van der Waals surface area contributed by atoms with Gasteiger partial charge in [-0.3, -0.25) is 9.59 Å². The van der Waals surface area contributed by atoms with Crippen LogP contribution < -0.4 is 4.87 Å². The van der Waals surface area contributed by atoms with E-state index in [0.717, 1.165) is 24.5 Å². The Balaban J connectivity index is 1.59. The summed E-state index contributed by atoms with van der Waals surface area (Å²) >= 11 is 3.30. The third-order valence-corrected chi connectivity index (χ3v) is 7.31. The van der Waals surface area contributed by atoms with E-state index in [-0.39, 0.29) is 10.8 Å². The fourth-order valence-electron chi connectivity index (χ4n) is 3.60. The van der Waals surface area contributed by atoms with Crippen molar-refractivity contribution >= 4 is 29.0 Å². The highest BCUT2D eigenvalue weighted by molar-refractivity contribution is 8.00. The predicted octanol–water partition coefficient (Wildman–Crippen LogP) is 2.89. The Labute approximate surface area is 139 Å². The van der Waals surface area contributed by atoms with Gasteiger partial charge in [0.05, 0.1) is 0 Å². The average Bonchev–Trinajstić information content (AvgIpc) is 2.84. The van der Waals surface area contributed by atoms with E-state index in [9.17, 15) is 9.59 Å². The predicted molar refractivity (Wildman–Crippen MR) is 92.8 cm³/mol. The summed E-state index contributed by atoms with van der Waals surface area (Å²) in [4.78, 5) is 26.4. The van der Waals surface area contributed by atoms with Crippen LogP contribution in [0.5, 0.6) is 0 Å². The number of aryl methyl sites for hydroxylation is 1. The number of nitrogens with zero attached hydrogens (tertiary/aromatic N) is 2. The molecule has 0 aromatic carbocycles. The molecule has 2 aliphatic rings. The van der Waals surface area contributed by atoms with E-state index in [0.29, 0.717) is 17.7 Å². The molecule has 2 heterocycles. The number of thioether (sulfide) groups is 1. The normalized spacial score (nSPS) is 21.2. The van der Waals surface area contributed by atoms with Crippen LogP contribution in [0.1, 0.15) is 44.2 Å². The number of hydrogen-bond donors (Lipinski definition) is 0. The van der Waals surface area contributed by atoms with E-state index in [1.165, 1.54) is 43.4 Å². The maximum absolute atomic E-state index is 12.5. The molecular weight excluding hydrogens is 316 g/mol. The lowest BCUT2D eigenvalue weighted by Gasteiger charge is -2.44. The van der Waals surface area contributed by atoms with Crippen LogP contribution in [-0.4, -0.2) is 39.0 Å². The van der Waals surface area contributed by atoms with Crippen LogP contribution in [0.3, 0.4) is 0 Å². The van der Waals surface area contributed by atoms with Gasteiger partial charge in [0.1, 0.15) is 0 Å². The van der Waals surface area contributed by atoms with Gasteiger partial charge in [-0.15, -0.1) is 0 Å². The van der Waals surface area contributed by atoms with Crippen LogP contribution in [0.15, 0.2) is 10.2 Å². The molecule has 1 aromatic heterocycles. The van der Waals surface area contributed by atoms with Crippen LogP contribution >= 0.6 is 23.1 Å². The van der Waals surface area contributed by atoms with Gasteiger partial charge < -0.3 is 9.47 Å². The molecule has 0 atom stereocenters. The lowest BCUT2D eigenvalue weighted by molar-refractivity contribution is -0.132. The van der Waals surface area contributed by atoms with Crippen molar-refractivity contribution in [2.45, 2.75) is 56.7 Å². The molecular formula is C16H24N2O2S2. The number of carbonyl (C=O) groups is 1. The van der Waals surface area contributed by atoms with Crippen molar-refractivity contribution in [3.8, 4) is 0 Å². The maximum atomic E-state index is 12.5. The summed E-state index contributed by atoms with van der Waals surface area (Å²) < 4.78 is 2.04. The summed E-state index contributed by atoms with van der Waals surface area (Å²) in [7, 11) is 0. The van der Waals surface area contributed by atoms with Crippen LogP contribution in [0, 0.1) is 6.92 Å². The first-order chi connectivity index (χ1) is 10.6. The molecule has 1 amide bonds. The number of amides is 1. The Morgan fingerprint density at radius 1 is 1.32 bits per heavy atom. The Hall–Kier alpha value is -0.750. The molecule has 122 valence electrons. The minimum absolute atomic E-state index is 0.0447. The van der Waals surface area contributed by atoms with Gasteiger partial charge in [0.2, 0.25) is 5.91 Å². The largest absolute Gasteiger partial charge is 0.340 e. The molecule has 0 radical (unpaired) electrons. The quantitative estimate of drug-likeness (QED) is 0.850. The molecule has 1 spiro atoms. The minimum Gasteiger partial charge on any atom is -0.340 e. The molecule has 3 rings (SSSR count). The van der Waals surface area contributed by atoms with Gasteiger partial charge in [-0.05, 0) is 19.8 Å². The van der Waals surface area contributed by atoms with Gasteiger partial charge in [0, 0.05) is 47.6 Å². The molecule has 0 unspecified atom stereocenters. The molecule has 1 saturated heterocycles. The second kappa shape index (κ2) is 6.79. The standard InChI is InChI=1S/C16H24N2O2S2/c1-13-11-21-15(20)18(13)8-5-14(19)17-9-10-22-16(12-17)6-3-2-4-7-16/h11H,2-10,12H2,1H3. The summed E-state index contributed by atoms with van der Waals surface area (Å²) in [6.07, 6.45) is 6.90. The van der Waals surface area contributed by atoms with Gasteiger partial charge >= 0.3 is 4.87 Å². The zero-order valence-electron chi connectivity index (χ0n) is 13.2. The van der Waals surface area contributed by atoms with Gasteiger partial charge in [-0.25, -0.2) is 0 Å². The van der Waals surface area contributed by atoms with Gasteiger partial charge in [0.15, 0.2) is 0 Å². The monoisotopic (exact) mass is 340 g/mol.